The Hall–Kier alpha value is -2.33. The highest BCUT2D eigenvalue weighted by molar-refractivity contribution is 7.99. The fourth-order valence-electron chi connectivity index (χ4n) is 3.08. The first-order valence-electron chi connectivity index (χ1n) is 7.62. The molecule has 3 aromatic rings. The van der Waals surface area contributed by atoms with Crippen molar-refractivity contribution in [2.75, 3.05) is 11.9 Å². The van der Waals surface area contributed by atoms with E-state index in [0.29, 0.717) is 0 Å². The molecule has 0 saturated carbocycles. The molecule has 3 heterocycles. The van der Waals surface area contributed by atoms with E-state index < -0.39 is 0 Å². The summed E-state index contributed by atoms with van der Waals surface area (Å²) in [5.41, 5.74) is 6.20. The summed E-state index contributed by atoms with van der Waals surface area (Å²) < 4.78 is 2.18. The van der Waals surface area contributed by atoms with Crippen LogP contribution in [0, 0.1) is 6.92 Å². The molecule has 0 radical (unpaired) electrons. The van der Waals surface area contributed by atoms with Crippen molar-refractivity contribution >= 4 is 23.1 Å². The van der Waals surface area contributed by atoms with Crippen LogP contribution < -0.4 is 9.47 Å². The molecule has 2 aromatic heterocycles. The standard InChI is InChI=1S/C19H18N3S/c1-13-9-10-15-18(17(13)14-7-4-5-12-21(14)2)23-19-16(22(15)3)8-6-11-20-19/h4-12H,1-3H3/q+1. The van der Waals surface area contributed by atoms with Crippen molar-refractivity contribution in [3.8, 4) is 11.3 Å². The van der Waals surface area contributed by atoms with Crippen LogP contribution in [0.25, 0.3) is 11.3 Å². The largest absolute Gasteiger partial charge is 0.341 e. The highest BCUT2D eigenvalue weighted by Gasteiger charge is 2.27. The number of hydrogen-bond donors (Lipinski definition) is 0. The smallest absolute Gasteiger partial charge is 0.213 e. The topological polar surface area (TPSA) is 20.0 Å². The number of hydrogen-bond acceptors (Lipinski definition) is 3. The molecule has 4 rings (SSSR count). The van der Waals surface area contributed by atoms with Crippen LogP contribution in [0.15, 0.2) is 64.8 Å². The summed E-state index contributed by atoms with van der Waals surface area (Å²) in [6, 6.07) is 14.9. The second-order valence-corrected chi connectivity index (χ2v) is 6.79. The minimum Gasteiger partial charge on any atom is -0.341 e. The molecule has 1 aliphatic heterocycles. The maximum atomic E-state index is 4.57. The molecule has 0 aliphatic carbocycles. The molecule has 0 bridgehead atoms. The van der Waals surface area contributed by atoms with Gasteiger partial charge in [-0.1, -0.05) is 17.8 Å². The first-order valence-corrected chi connectivity index (χ1v) is 8.43. The SMILES string of the molecule is Cc1ccc2c(c1-c1cccc[n+]1C)Sc1ncccc1N2C. The summed E-state index contributed by atoms with van der Waals surface area (Å²) in [5, 5.41) is 1.06. The number of rotatable bonds is 1. The zero-order chi connectivity index (χ0) is 16.0. The predicted octanol–water partition coefficient (Wildman–Crippen LogP) is 4.11. The molecule has 0 fully saturated rings. The molecule has 3 nitrogen and oxygen atoms in total. The summed E-state index contributed by atoms with van der Waals surface area (Å²) in [5.74, 6) is 0. The van der Waals surface area contributed by atoms with Crippen molar-refractivity contribution < 1.29 is 4.57 Å². The van der Waals surface area contributed by atoms with E-state index in [1.54, 1.807) is 11.8 Å². The Bertz CT molecular complexity index is 905. The van der Waals surface area contributed by atoms with E-state index in [1.165, 1.54) is 27.4 Å². The lowest BCUT2D eigenvalue weighted by atomic mass is 10.0. The highest BCUT2D eigenvalue weighted by atomic mass is 32.2. The third kappa shape index (κ3) is 2.21. The minimum absolute atomic E-state index is 1.06. The number of fused-ring (bicyclic) bond motifs is 2. The zero-order valence-corrected chi connectivity index (χ0v) is 14.3. The maximum absolute atomic E-state index is 4.57. The Labute approximate surface area is 140 Å². The third-order valence-electron chi connectivity index (χ3n) is 4.33. The molecule has 0 unspecified atom stereocenters. The van der Waals surface area contributed by atoms with Gasteiger partial charge in [0.05, 0.1) is 21.8 Å². The molecule has 1 aromatic carbocycles. The molecule has 114 valence electrons. The van der Waals surface area contributed by atoms with Crippen LogP contribution in [0.2, 0.25) is 0 Å². The van der Waals surface area contributed by atoms with Crippen molar-refractivity contribution in [3.05, 3.63) is 60.4 Å². The average molecular weight is 320 g/mol. The molecular formula is C19H18N3S+. The van der Waals surface area contributed by atoms with Crippen LogP contribution in [0.3, 0.4) is 0 Å². The molecule has 23 heavy (non-hydrogen) atoms. The number of pyridine rings is 2. The van der Waals surface area contributed by atoms with Crippen LogP contribution in [0.1, 0.15) is 5.56 Å². The number of aryl methyl sites for hydroxylation is 2. The Kier molecular flexibility index (Phi) is 3.34. The molecule has 4 heteroatoms. The van der Waals surface area contributed by atoms with Crippen LogP contribution in [0.4, 0.5) is 11.4 Å². The second kappa shape index (κ2) is 5.39. The van der Waals surface area contributed by atoms with Crippen LogP contribution in [0.5, 0.6) is 0 Å². The predicted molar refractivity (Wildman–Crippen MR) is 94.2 cm³/mol. The van der Waals surface area contributed by atoms with Gasteiger partial charge >= 0.3 is 0 Å². The van der Waals surface area contributed by atoms with E-state index in [9.17, 15) is 0 Å². The molecule has 0 N–H and O–H groups in total. The van der Waals surface area contributed by atoms with Crippen LogP contribution in [-0.4, -0.2) is 12.0 Å². The Morgan fingerprint density at radius 2 is 1.91 bits per heavy atom. The molecule has 1 aliphatic rings. The fraction of sp³-hybridized carbons (Fsp3) is 0.158. The van der Waals surface area contributed by atoms with Gasteiger partial charge in [0, 0.05) is 25.4 Å². The number of anilines is 2. The van der Waals surface area contributed by atoms with E-state index in [0.717, 1.165) is 10.7 Å². The van der Waals surface area contributed by atoms with Gasteiger partial charge in [-0.2, -0.15) is 0 Å². The van der Waals surface area contributed by atoms with Crippen LogP contribution >= 0.6 is 11.8 Å². The summed E-state index contributed by atoms with van der Waals surface area (Å²) in [4.78, 5) is 8.08. The summed E-state index contributed by atoms with van der Waals surface area (Å²) in [7, 11) is 4.21. The van der Waals surface area contributed by atoms with Gasteiger partial charge in [-0.3, -0.25) is 0 Å². The quantitative estimate of drug-likeness (QED) is 0.629. The molecule has 0 saturated heterocycles. The van der Waals surface area contributed by atoms with Gasteiger partial charge in [0.1, 0.15) is 12.1 Å². The van der Waals surface area contributed by atoms with Gasteiger partial charge in [-0.15, -0.1) is 0 Å². The Balaban J connectivity index is 1.98. The second-order valence-electron chi connectivity index (χ2n) is 5.79. The highest BCUT2D eigenvalue weighted by Crippen LogP contribution is 2.50. The minimum atomic E-state index is 1.06. The van der Waals surface area contributed by atoms with Gasteiger partial charge in [-0.25, -0.2) is 9.55 Å². The lowest BCUT2D eigenvalue weighted by Gasteiger charge is -2.30. The van der Waals surface area contributed by atoms with Crippen LogP contribution in [-0.2, 0) is 7.05 Å². The summed E-state index contributed by atoms with van der Waals surface area (Å²) in [6.07, 6.45) is 3.96. The zero-order valence-electron chi connectivity index (χ0n) is 13.4. The first kappa shape index (κ1) is 14.3. The third-order valence-corrected chi connectivity index (χ3v) is 5.45. The van der Waals surface area contributed by atoms with Gasteiger partial charge in [-0.05, 0) is 36.8 Å². The van der Waals surface area contributed by atoms with Crippen molar-refractivity contribution in [1.82, 2.24) is 4.98 Å². The Morgan fingerprint density at radius 1 is 1.04 bits per heavy atom. The number of aromatic nitrogens is 2. The Morgan fingerprint density at radius 3 is 2.74 bits per heavy atom. The first-order chi connectivity index (χ1) is 11.2. The van der Waals surface area contributed by atoms with Crippen molar-refractivity contribution in [2.24, 2.45) is 7.05 Å². The van der Waals surface area contributed by atoms with Gasteiger partial charge in [0.25, 0.3) is 0 Å². The lowest BCUT2D eigenvalue weighted by Crippen LogP contribution is -2.30. The molecule has 0 atom stereocenters. The van der Waals surface area contributed by atoms with Gasteiger partial charge in [0.2, 0.25) is 5.69 Å². The van der Waals surface area contributed by atoms with Gasteiger partial charge < -0.3 is 4.90 Å². The van der Waals surface area contributed by atoms with E-state index >= 15 is 0 Å². The number of benzene rings is 1. The fourth-order valence-corrected chi connectivity index (χ4v) is 4.38. The number of nitrogens with zero attached hydrogens (tertiary/aromatic N) is 3. The molecule has 0 spiro atoms. The van der Waals surface area contributed by atoms with E-state index in [-0.39, 0.29) is 0 Å². The monoisotopic (exact) mass is 320 g/mol. The van der Waals surface area contributed by atoms with E-state index in [4.69, 9.17) is 0 Å². The van der Waals surface area contributed by atoms with E-state index in [2.05, 4.69) is 78.1 Å². The summed E-state index contributed by atoms with van der Waals surface area (Å²) >= 11 is 1.76. The lowest BCUT2D eigenvalue weighted by molar-refractivity contribution is -0.660. The average Bonchev–Trinajstić information content (AvgIpc) is 2.56. The molecule has 0 amide bonds. The van der Waals surface area contributed by atoms with Crippen molar-refractivity contribution in [3.63, 3.8) is 0 Å². The summed E-state index contributed by atoms with van der Waals surface area (Å²) in [6.45, 7) is 2.18. The van der Waals surface area contributed by atoms with Crippen molar-refractivity contribution in [2.45, 2.75) is 16.8 Å². The van der Waals surface area contributed by atoms with Gasteiger partial charge in [0.15, 0.2) is 6.20 Å². The normalized spacial score (nSPS) is 12.7. The van der Waals surface area contributed by atoms with E-state index in [1.807, 2.05) is 12.3 Å². The maximum Gasteiger partial charge on any atom is 0.213 e. The van der Waals surface area contributed by atoms with Crippen molar-refractivity contribution in [1.29, 1.82) is 0 Å². The molecular weight excluding hydrogens is 302 g/mol.